The molecule has 0 aromatic heterocycles. The van der Waals surface area contributed by atoms with E-state index in [4.69, 9.17) is 16.3 Å². The highest BCUT2D eigenvalue weighted by atomic mass is 35.5. The Morgan fingerprint density at radius 1 is 1.11 bits per heavy atom. The number of nitrogens with zero attached hydrogens (tertiary/aromatic N) is 1. The minimum atomic E-state index is -0.140. The summed E-state index contributed by atoms with van der Waals surface area (Å²) in [4.78, 5) is 14.6. The molecule has 2 rings (SSSR count). The average molecular weight is 389 g/mol. The number of aryl methyl sites for hydroxylation is 2. The van der Waals surface area contributed by atoms with Crippen LogP contribution in [0.2, 0.25) is 5.02 Å². The molecule has 0 saturated heterocycles. The second-order valence-corrected chi connectivity index (χ2v) is 7.08. The molecule has 0 aliphatic carbocycles. The molecule has 5 heteroatoms. The fraction of sp³-hybridized carbons (Fsp3) is 0.409. The van der Waals surface area contributed by atoms with Crippen molar-refractivity contribution < 1.29 is 9.53 Å². The average Bonchev–Trinajstić information content (AvgIpc) is 2.63. The molecule has 1 N–H and O–H groups in total. The first-order chi connectivity index (χ1) is 12.9. The summed E-state index contributed by atoms with van der Waals surface area (Å²) in [6, 6.07) is 13.8. The third-order valence-corrected chi connectivity index (χ3v) is 4.92. The van der Waals surface area contributed by atoms with Gasteiger partial charge in [-0.2, -0.15) is 0 Å². The molecule has 1 amide bonds. The third kappa shape index (κ3) is 6.26. The maximum Gasteiger partial charge on any atom is 0.258 e. The maximum atomic E-state index is 12.3. The molecule has 0 saturated carbocycles. The number of amides is 1. The standard InChI is InChI=1S/C22H29ClN2O2/c1-5-25(6-2)21(19-9-7-8-10-20(19)23)14-24-22(26)15-27-18-12-16(3)11-17(4)13-18/h7-13,21H,5-6,14-15H2,1-4H3,(H,24,26)/t21-/m1/s1. The summed E-state index contributed by atoms with van der Waals surface area (Å²) in [5.74, 6) is 0.576. The first-order valence-corrected chi connectivity index (χ1v) is 9.78. The summed E-state index contributed by atoms with van der Waals surface area (Å²) in [7, 11) is 0. The molecule has 0 heterocycles. The molecule has 0 fully saturated rings. The monoisotopic (exact) mass is 388 g/mol. The zero-order valence-electron chi connectivity index (χ0n) is 16.6. The summed E-state index contributed by atoms with van der Waals surface area (Å²) in [5.41, 5.74) is 3.26. The van der Waals surface area contributed by atoms with Crippen molar-refractivity contribution in [2.24, 2.45) is 0 Å². The van der Waals surface area contributed by atoms with Crippen molar-refractivity contribution in [2.45, 2.75) is 33.7 Å². The number of halogens is 1. The highest BCUT2D eigenvalue weighted by Crippen LogP contribution is 2.27. The van der Waals surface area contributed by atoms with Crippen molar-refractivity contribution in [1.29, 1.82) is 0 Å². The van der Waals surface area contributed by atoms with Gasteiger partial charge in [-0.1, -0.05) is 49.7 Å². The molecule has 0 spiro atoms. The Balaban J connectivity index is 1.99. The molecular weight excluding hydrogens is 360 g/mol. The molecule has 2 aromatic carbocycles. The fourth-order valence-corrected chi connectivity index (χ4v) is 3.53. The smallest absolute Gasteiger partial charge is 0.258 e. The number of ether oxygens (including phenoxy) is 1. The predicted molar refractivity (Wildman–Crippen MR) is 112 cm³/mol. The van der Waals surface area contributed by atoms with Gasteiger partial charge >= 0.3 is 0 Å². The summed E-state index contributed by atoms with van der Waals surface area (Å²) in [6.45, 7) is 10.5. The predicted octanol–water partition coefficient (Wildman–Crippen LogP) is 4.53. The lowest BCUT2D eigenvalue weighted by atomic mass is 10.0. The van der Waals surface area contributed by atoms with E-state index in [1.807, 2.05) is 50.2 Å². The number of rotatable bonds is 9. The van der Waals surface area contributed by atoms with E-state index < -0.39 is 0 Å². The molecule has 4 nitrogen and oxygen atoms in total. The van der Waals surface area contributed by atoms with Crippen LogP contribution in [0.4, 0.5) is 0 Å². The number of carbonyl (C=O) groups is 1. The topological polar surface area (TPSA) is 41.6 Å². The third-order valence-electron chi connectivity index (χ3n) is 4.58. The molecule has 1 atom stereocenters. The number of likely N-dealkylation sites (N-methyl/N-ethyl adjacent to an activating group) is 1. The Morgan fingerprint density at radius 3 is 2.33 bits per heavy atom. The second kappa shape index (κ2) is 10.3. The van der Waals surface area contributed by atoms with Gasteiger partial charge in [-0.15, -0.1) is 0 Å². The molecule has 0 bridgehead atoms. The van der Waals surface area contributed by atoms with Gasteiger partial charge in [0.1, 0.15) is 5.75 Å². The van der Waals surface area contributed by atoms with Crippen molar-refractivity contribution in [3.63, 3.8) is 0 Å². The zero-order chi connectivity index (χ0) is 19.8. The summed E-state index contributed by atoms with van der Waals surface area (Å²) < 4.78 is 5.65. The SMILES string of the molecule is CCN(CC)[C@H](CNC(=O)COc1cc(C)cc(C)c1)c1ccccc1Cl. The van der Waals surface area contributed by atoms with Crippen LogP contribution < -0.4 is 10.1 Å². The van der Waals surface area contributed by atoms with E-state index in [2.05, 4.69) is 30.1 Å². The highest BCUT2D eigenvalue weighted by Gasteiger charge is 2.21. The number of nitrogens with one attached hydrogen (secondary N) is 1. The van der Waals surface area contributed by atoms with Crippen molar-refractivity contribution in [2.75, 3.05) is 26.2 Å². The van der Waals surface area contributed by atoms with Crippen LogP contribution in [0.1, 0.15) is 36.6 Å². The normalized spacial score (nSPS) is 12.1. The van der Waals surface area contributed by atoms with Gasteiger partial charge in [-0.3, -0.25) is 9.69 Å². The van der Waals surface area contributed by atoms with Gasteiger partial charge in [0.05, 0.1) is 6.04 Å². The van der Waals surface area contributed by atoms with E-state index in [1.165, 1.54) is 0 Å². The maximum absolute atomic E-state index is 12.3. The Labute approximate surface area is 167 Å². The number of carbonyl (C=O) groups excluding carboxylic acids is 1. The zero-order valence-corrected chi connectivity index (χ0v) is 17.3. The molecule has 27 heavy (non-hydrogen) atoms. The Hall–Kier alpha value is -2.04. The minimum Gasteiger partial charge on any atom is -0.484 e. The Morgan fingerprint density at radius 2 is 1.74 bits per heavy atom. The first kappa shape index (κ1) is 21.3. The largest absolute Gasteiger partial charge is 0.484 e. The fourth-order valence-electron chi connectivity index (χ4n) is 3.27. The molecule has 0 unspecified atom stereocenters. The van der Waals surface area contributed by atoms with Gasteiger partial charge in [-0.05, 0) is 61.8 Å². The van der Waals surface area contributed by atoms with Crippen LogP contribution in [0.3, 0.4) is 0 Å². The van der Waals surface area contributed by atoms with E-state index >= 15 is 0 Å². The van der Waals surface area contributed by atoms with Gasteiger partial charge in [0.2, 0.25) is 0 Å². The van der Waals surface area contributed by atoms with Crippen molar-refractivity contribution in [3.05, 3.63) is 64.2 Å². The highest BCUT2D eigenvalue weighted by molar-refractivity contribution is 6.31. The molecule has 0 aliphatic heterocycles. The molecule has 0 aliphatic rings. The van der Waals surface area contributed by atoms with Crippen LogP contribution >= 0.6 is 11.6 Å². The Kier molecular flexibility index (Phi) is 8.14. The summed E-state index contributed by atoms with van der Waals surface area (Å²) >= 11 is 6.40. The van der Waals surface area contributed by atoms with E-state index in [0.717, 1.165) is 34.8 Å². The lowest BCUT2D eigenvalue weighted by Crippen LogP contribution is -2.39. The lowest BCUT2D eigenvalue weighted by molar-refractivity contribution is -0.123. The molecular formula is C22H29ClN2O2. The van der Waals surface area contributed by atoms with Crippen LogP contribution in [0, 0.1) is 13.8 Å². The van der Waals surface area contributed by atoms with E-state index in [9.17, 15) is 4.79 Å². The van der Waals surface area contributed by atoms with E-state index in [1.54, 1.807) is 0 Å². The second-order valence-electron chi connectivity index (χ2n) is 6.67. The molecule has 2 aromatic rings. The number of hydrogen-bond donors (Lipinski definition) is 1. The van der Waals surface area contributed by atoms with Crippen molar-refractivity contribution in [3.8, 4) is 5.75 Å². The van der Waals surface area contributed by atoms with Gasteiger partial charge in [-0.25, -0.2) is 0 Å². The summed E-state index contributed by atoms with van der Waals surface area (Å²) in [6.07, 6.45) is 0. The lowest BCUT2D eigenvalue weighted by Gasteiger charge is -2.30. The van der Waals surface area contributed by atoms with Crippen LogP contribution in [0.5, 0.6) is 5.75 Å². The van der Waals surface area contributed by atoms with Gasteiger partial charge < -0.3 is 10.1 Å². The van der Waals surface area contributed by atoms with Crippen LogP contribution in [-0.2, 0) is 4.79 Å². The van der Waals surface area contributed by atoms with E-state index in [-0.39, 0.29) is 18.6 Å². The minimum absolute atomic E-state index is 0.00359. The van der Waals surface area contributed by atoms with Crippen LogP contribution in [0.15, 0.2) is 42.5 Å². The van der Waals surface area contributed by atoms with Crippen LogP contribution in [-0.4, -0.2) is 37.0 Å². The van der Waals surface area contributed by atoms with E-state index in [0.29, 0.717) is 12.3 Å². The number of benzene rings is 2. The van der Waals surface area contributed by atoms with Crippen LogP contribution in [0.25, 0.3) is 0 Å². The Bertz CT molecular complexity index is 739. The molecule has 0 radical (unpaired) electrons. The van der Waals surface area contributed by atoms with Crippen molar-refractivity contribution in [1.82, 2.24) is 10.2 Å². The molecule has 146 valence electrons. The van der Waals surface area contributed by atoms with Gasteiger partial charge in [0.25, 0.3) is 5.91 Å². The van der Waals surface area contributed by atoms with Gasteiger partial charge in [0, 0.05) is 11.6 Å². The number of hydrogen-bond acceptors (Lipinski definition) is 3. The first-order valence-electron chi connectivity index (χ1n) is 9.40. The quantitative estimate of drug-likeness (QED) is 0.685. The van der Waals surface area contributed by atoms with Gasteiger partial charge in [0.15, 0.2) is 6.61 Å². The van der Waals surface area contributed by atoms with Crippen molar-refractivity contribution >= 4 is 17.5 Å². The summed E-state index contributed by atoms with van der Waals surface area (Å²) in [5, 5.41) is 3.71.